The van der Waals surface area contributed by atoms with Gasteiger partial charge in [-0.25, -0.2) is 8.42 Å². The Bertz CT molecular complexity index is 357. The Kier molecular flexibility index (Phi) is 1.36. The fourth-order valence-corrected chi connectivity index (χ4v) is 3.09. The highest BCUT2D eigenvalue weighted by molar-refractivity contribution is 7.92. The summed E-state index contributed by atoms with van der Waals surface area (Å²) in [5.41, 5.74) is 0. The molecule has 0 bridgehead atoms. The second kappa shape index (κ2) is 2.10. The first kappa shape index (κ1) is 7.79. The number of carbonyl (C=O) groups excluding carboxylic acids is 1. The Morgan fingerprint density at radius 2 is 2.25 bits per heavy atom. The topological polar surface area (TPSA) is 54.5 Å². The van der Waals surface area contributed by atoms with Gasteiger partial charge in [0, 0.05) is 6.20 Å². The molecule has 0 aromatic carbocycles. The summed E-state index contributed by atoms with van der Waals surface area (Å²) in [6.07, 6.45) is 3.27. The van der Waals surface area contributed by atoms with Crippen LogP contribution in [0.25, 0.3) is 0 Å². The Hall–Kier alpha value is -0.840. The fourth-order valence-electron chi connectivity index (χ4n) is 1.43. The quantitative estimate of drug-likeness (QED) is 0.497. The summed E-state index contributed by atoms with van der Waals surface area (Å²) in [6, 6.07) is 0. The summed E-state index contributed by atoms with van der Waals surface area (Å²) in [4.78, 5) is 12.2. The van der Waals surface area contributed by atoms with Crippen molar-refractivity contribution < 1.29 is 13.2 Å². The van der Waals surface area contributed by atoms with Gasteiger partial charge in [-0.15, -0.1) is 0 Å². The van der Waals surface area contributed by atoms with Gasteiger partial charge < -0.3 is 4.90 Å². The molecular weight excluding hydrogens is 178 g/mol. The molecule has 0 saturated carbocycles. The van der Waals surface area contributed by atoms with Gasteiger partial charge in [-0.1, -0.05) is 6.08 Å². The van der Waals surface area contributed by atoms with E-state index in [9.17, 15) is 13.2 Å². The summed E-state index contributed by atoms with van der Waals surface area (Å²) in [7, 11) is -3.12. The average molecular weight is 187 g/mol. The molecule has 4 nitrogen and oxygen atoms in total. The molecule has 1 saturated heterocycles. The van der Waals surface area contributed by atoms with Crippen LogP contribution >= 0.6 is 0 Å². The number of nitrogens with zero attached hydrogens (tertiary/aromatic N) is 1. The molecule has 2 heterocycles. The van der Waals surface area contributed by atoms with Crippen LogP contribution < -0.4 is 0 Å². The van der Waals surface area contributed by atoms with Crippen LogP contribution in [0.5, 0.6) is 0 Å². The fraction of sp³-hybridized carbons (Fsp3) is 0.571. The Morgan fingerprint density at radius 1 is 1.58 bits per heavy atom. The van der Waals surface area contributed by atoms with Gasteiger partial charge in [0.1, 0.15) is 5.37 Å². The lowest BCUT2D eigenvalue weighted by Crippen LogP contribution is -2.57. The minimum absolute atomic E-state index is 0.105. The van der Waals surface area contributed by atoms with Gasteiger partial charge in [0.2, 0.25) is 5.91 Å². The van der Waals surface area contributed by atoms with Crippen LogP contribution in [0.3, 0.4) is 0 Å². The van der Waals surface area contributed by atoms with Crippen molar-refractivity contribution in [2.24, 2.45) is 0 Å². The zero-order valence-electron chi connectivity index (χ0n) is 6.60. The Labute approximate surface area is 70.8 Å². The third-order valence-electron chi connectivity index (χ3n) is 2.36. The Morgan fingerprint density at radius 3 is 2.83 bits per heavy atom. The number of carbonyl (C=O) groups is 1. The number of β-lactam (4-membered cyclic amide) rings is 1. The van der Waals surface area contributed by atoms with E-state index in [0.717, 1.165) is 0 Å². The molecule has 2 aliphatic heterocycles. The number of sulfone groups is 1. The molecule has 2 aliphatic rings. The van der Waals surface area contributed by atoms with Crippen molar-refractivity contribution in [1.82, 2.24) is 4.90 Å². The van der Waals surface area contributed by atoms with Gasteiger partial charge in [-0.2, -0.15) is 0 Å². The van der Waals surface area contributed by atoms with Crippen LogP contribution in [-0.4, -0.2) is 29.8 Å². The zero-order chi connectivity index (χ0) is 8.93. The molecule has 0 aromatic heterocycles. The van der Waals surface area contributed by atoms with Crippen molar-refractivity contribution in [2.45, 2.75) is 24.0 Å². The highest BCUT2D eigenvalue weighted by atomic mass is 32.2. The van der Waals surface area contributed by atoms with E-state index >= 15 is 0 Å². The van der Waals surface area contributed by atoms with Gasteiger partial charge in [0.25, 0.3) is 0 Å². The standard InChI is InChI=1S/C7H9NO3S/c1-5-2-3-8-6(9)4-7(8)12(5,10)11/h2-3,5,7H,4H2,1H3/t5?,7-/m1/s1. The first-order valence-electron chi connectivity index (χ1n) is 3.75. The van der Waals surface area contributed by atoms with Crippen molar-refractivity contribution in [1.29, 1.82) is 0 Å². The lowest BCUT2D eigenvalue weighted by atomic mass is 10.2. The van der Waals surface area contributed by atoms with Crippen molar-refractivity contribution in [3.63, 3.8) is 0 Å². The number of hydrogen-bond acceptors (Lipinski definition) is 3. The van der Waals surface area contributed by atoms with Crippen molar-refractivity contribution in [2.75, 3.05) is 0 Å². The lowest BCUT2D eigenvalue weighted by molar-refractivity contribution is -0.138. The van der Waals surface area contributed by atoms with E-state index in [4.69, 9.17) is 0 Å². The maximum absolute atomic E-state index is 11.5. The predicted molar refractivity (Wildman–Crippen MR) is 42.8 cm³/mol. The molecule has 1 fully saturated rings. The van der Waals surface area contributed by atoms with E-state index in [2.05, 4.69) is 0 Å². The van der Waals surface area contributed by atoms with Crippen molar-refractivity contribution in [3.05, 3.63) is 12.3 Å². The summed E-state index contributed by atoms with van der Waals surface area (Å²) >= 11 is 0. The molecule has 0 aliphatic carbocycles. The SMILES string of the molecule is CC1C=CN2C(=O)C[C@H]2S1(=O)=O. The number of fused-ring (bicyclic) bond motifs is 1. The monoisotopic (exact) mass is 187 g/mol. The molecule has 0 aromatic rings. The van der Waals surface area contributed by atoms with Crippen LogP contribution in [0.15, 0.2) is 12.3 Å². The van der Waals surface area contributed by atoms with Gasteiger partial charge >= 0.3 is 0 Å². The van der Waals surface area contributed by atoms with E-state index in [-0.39, 0.29) is 12.3 Å². The molecule has 0 N–H and O–H groups in total. The van der Waals surface area contributed by atoms with Crippen LogP contribution in [0.4, 0.5) is 0 Å². The normalized spacial score (nSPS) is 37.4. The van der Waals surface area contributed by atoms with Crippen LogP contribution in [-0.2, 0) is 14.6 Å². The molecule has 2 atom stereocenters. The summed E-state index contributed by atoms with van der Waals surface area (Å²) in [5, 5.41) is -1.03. The third-order valence-corrected chi connectivity index (χ3v) is 4.71. The maximum atomic E-state index is 11.5. The van der Waals surface area contributed by atoms with Gasteiger partial charge in [0.05, 0.1) is 11.7 Å². The van der Waals surface area contributed by atoms with Crippen LogP contribution in [0.2, 0.25) is 0 Å². The summed E-state index contributed by atoms with van der Waals surface area (Å²) in [6.45, 7) is 1.63. The van der Waals surface area contributed by atoms with Gasteiger partial charge in [-0.05, 0) is 6.92 Å². The first-order chi connectivity index (χ1) is 5.53. The largest absolute Gasteiger partial charge is 0.301 e. The molecule has 5 heteroatoms. The first-order valence-corrected chi connectivity index (χ1v) is 5.36. The van der Waals surface area contributed by atoms with E-state index in [1.165, 1.54) is 4.90 Å². The van der Waals surface area contributed by atoms with Crippen molar-refractivity contribution >= 4 is 15.7 Å². The predicted octanol–water partition coefficient (Wildman–Crippen LogP) is -0.125. The molecule has 1 amide bonds. The van der Waals surface area contributed by atoms with E-state index < -0.39 is 20.5 Å². The number of rotatable bonds is 0. The smallest absolute Gasteiger partial charge is 0.230 e. The van der Waals surface area contributed by atoms with Gasteiger partial charge in [0.15, 0.2) is 9.84 Å². The molecule has 12 heavy (non-hydrogen) atoms. The second-order valence-corrected chi connectivity index (χ2v) is 5.56. The summed E-state index contributed by atoms with van der Waals surface area (Å²) in [5.74, 6) is -0.105. The summed E-state index contributed by atoms with van der Waals surface area (Å²) < 4.78 is 22.9. The minimum atomic E-state index is -3.12. The average Bonchev–Trinajstić information content (AvgIpc) is 1.97. The highest BCUT2D eigenvalue weighted by Gasteiger charge is 2.47. The highest BCUT2D eigenvalue weighted by Crippen LogP contribution is 2.31. The molecular formula is C7H9NO3S. The molecule has 66 valence electrons. The van der Waals surface area contributed by atoms with Gasteiger partial charge in [-0.3, -0.25) is 4.79 Å². The van der Waals surface area contributed by atoms with Crippen LogP contribution in [0, 0.1) is 0 Å². The molecule has 1 unspecified atom stereocenters. The molecule has 0 radical (unpaired) electrons. The second-order valence-electron chi connectivity index (χ2n) is 3.10. The maximum Gasteiger partial charge on any atom is 0.230 e. The third kappa shape index (κ3) is 0.769. The Balaban J connectivity index is 2.43. The number of amides is 1. The molecule has 0 spiro atoms. The zero-order valence-corrected chi connectivity index (χ0v) is 7.41. The minimum Gasteiger partial charge on any atom is -0.301 e. The van der Waals surface area contributed by atoms with Crippen LogP contribution in [0.1, 0.15) is 13.3 Å². The van der Waals surface area contributed by atoms with E-state index in [1.54, 1.807) is 19.2 Å². The number of hydrogen-bond donors (Lipinski definition) is 0. The molecule has 2 rings (SSSR count). The lowest BCUT2D eigenvalue weighted by Gasteiger charge is -2.40. The van der Waals surface area contributed by atoms with E-state index in [0.29, 0.717) is 0 Å². The van der Waals surface area contributed by atoms with Crippen molar-refractivity contribution in [3.8, 4) is 0 Å². The van der Waals surface area contributed by atoms with E-state index in [1.807, 2.05) is 0 Å².